The molecule has 2 nitrogen and oxygen atoms in total. The summed E-state index contributed by atoms with van der Waals surface area (Å²) in [6, 6.07) is 12.2. The third kappa shape index (κ3) is 2.90. The molecule has 0 spiro atoms. The second-order valence-electron chi connectivity index (χ2n) is 4.02. The third-order valence-electron chi connectivity index (χ3n) is 2.60. The molecular weight excluding hydrogens is 247 g/mol. The summed E-state index contributed by atoms with van der Waals surface area (Å²) in [7, 11) is -0.505. The average molecular weight is 262 g/mol. The first-order chi connectivity index (χ1) is 8.56. The molecule has 4 heteroatoms. The van der Waals surface area contributed by atoms with Crippen molar-refractivity contribution in [1.82, 2.24) is 0 Å². The van der Waals surface area contributed by atoms with Crippen molar-refractivity contribution in [1.29, 1.82) is 0 Å². The van der Waals surface area contributed by atoms with Crippen molar-refractivity contribution in [3.8, 4) is 0 Å². The second kappa shape index (κ2) is 5.23. The van der Waals surface area contributed by atoms with Gasteiger partial charge in [0.05, 0.1) is 0 Å². The lowest BCUT2D eigenvalue weighted by Crippen LogP contribution is -1.94. The van der Waals surface area contributed by atoms with Crippen LogP contribution in [-0.2, 0) is 0 Å². The van der Waals surface area contributed by atoms with Crippen LogP contribution in [0.15, 0.2) is 47.4 Å². The molecule has 0 aromatic heterocycles. The molecule has 2 rings (SSSR count). The highest BCUT2D eigenvalue weighted by Gasteiger charge is 2.01. The molecule has 94 valence electrons. The Morgan fingerprint density at radius 1 is 1.22 bits per heavy atom. The van der Waals surface area contributed by atoms with Crippen LogP contribution in [0.4, 0.5) is 15.8 Å². The van der Waals surface area contributed by atoms with E-state index >= 15 is 0 Å². The molecule has 1 unspecified atom stereocenters. The predicted octanol–water partition coefficient (Wildman–Crippen LogP) is 3.80. The molecule has 0 aliphatic heterocycles. The van der Waals surface area contributed by atoms with Crippen molar-refractivity contribution in [2.75, 3.05) is 10.5 Å². The molecule has 2 aromatic rings. The number of hydrogen-bond acceptors (Lipinski definition) is 2. The zero-order valence-electron chi connectivity index (χ0n) is 10.1. The molecule has 0 saturated heterocycles. The van der Waals surface area contributed by atoms with E-state index in [1.165, 1.54) is 12.1 Å². The van der Waals surface area contributed by atoms with Gasteiger partial charge in [-0.15, -0.1) is 0 Å². The van der Waals surface area contributed by atoms with Crippen molar-refractivity contribution in [2.24, 2.45) is 0 Å². The molecule has 2 aromatic carbocycles. The molecule has 0 amide bonds. The van der Waals surface area contributed by atoms with Crippen molar-refractivity contribution >= 4 is 27.9 Å². The maximum Gasteiger partial charge on any atom is 0.124 e. The van der Waals surface area contributed by atoms with Crippen LogP contribution >= 0.6 is 10.7 Å². The third-order valence-corrected chi connectivity index (χ3v) is 3.91. The van der Waals surface area contributed by atoms with Gasteiger partial charge in [-0.3, -0.25) is 0 Å². The molecular formula is C14H15FN2S. The van der Waals surface area contributed by atoms with Gasteiger partial charge in [-0.25, -0.2) is 4.39 Å². The van der Waals surface area contributed by atoms with Crippen LogP contribution < -0.4 is 10.5 Å². The minimum atomic E-state index is -0.505. The highest BCUT2D eigenvalue weighted by atomic mass is 32.2. The largest absolute Gasteiger partial charge is 0.398 e. The molecule has 0 aliphatic rings. The molecule has 0 radical (unpaired) electrons. The van der Waals surface area contributed by atoms with E-state index in [0.717, 1.165) is 21.8 Å². The second-order valence-corrected chi connectivity index (χ2v) is 5.48. The Labute approximate surface area is 109 Å². The summed E-state index contributed by atoms with van der Waals surface area (Å²) in [6.07, 6.45) is 0. The summed E-state index contributed by atoms with van der Waals surface area (Å²) < 4.78 is 16.3. The normalized spacial score (nSPS) is 12.1. The highest BCUT2D eigenvalue weighted by Crippen LogP contribution is 2.28. The molecule has 3 N–H and O–H groups in total. The van der Waals surface area contributed by atoms with Crippen LogP contribution in [0.1, 0.15) is 5.56 Å². The lowest BCUT2D eigenvalue weighted by molar-refractivity contribution is 0.624. The number of nitrogens with two attached hydrogens (primary N) is 1. The number of hydrogen-bond donors (Lipinski definition) is 2. The number of nitrogen functional groups attached to an aromatic ring is 1. The summed E-state index contributed by atoms with van der Waals surface area (Å²) in [5.74, 6) is 3.75. The van der Waals surface area contributed by atoms with Gasteiger partial charge in [0.1, 0.15) is 5.82 Å². The summed E-state index contributed by atoms with van der Waals surface area (Å²) >= 11 is 0. The van der Waals surface area contributed by atoms with E-state index in [4.69, 9.17) is 5.73 Å². The SMILES string of the molecule is C=S(Nc1ccc(C)c(N)c1)c1cccc(F)c1. The van der Waals surface area contributed by atoms with Crippen LogP contribution in [0.5, 0.6) is 0 Å². The number of rotatable bonds is 3. The van der Waals surface area contributed by atoms with E-state index in [1.807, 2.05) is 31.2 Å². The number of halogens is 1. The van der Waals surface area contributed by atoms with E-state index in [9.17, 15) is 4.39 Å². The van der Waals surface area contributed by atoms with Crippen molar-refractivity contribution in [2.45, 2.75) is 11.8 Å². The Bertz CT molecular complexity index is 596. The Hall–Kier alpha value is -1.81. The van der Waals surface area contributed by atoms with E-state index in [-0.39, 0.29) is 5.82 Å². The standard InChI is InChI=1S/C14H15FN2S/c1-10-6-7-12(9-14(10)16)17-18(2)13-5-3-4-11(15)8-13/h3-9,17H,2,16H2,1H3. The van der Waals surface area contributed by atoms with E-state index in [0.29, 0.717) is 0 Å². The Morgan fingerprint density at radius 3 is 2.67 bits per heavy atom. The summed E-state index contributed by atoms with van der Waals surface area (Å²) in [5.41, 5.74) is 8.50. The van der Waals surface area contributed by atoms with Gasteiger partial charge in [0.25, 0.3) is 0 Å². The number of nitrogens with one attached hydrogen (secondary N) is 1. The molecule has 0 fully saturated rings. The van der Waals surface area contributed by atoms with Gasteiger partial charge in [0.15, 0.2) is 0 Å². The van der Waals surface area contributed by atoms with Gasteiger partial charge in [-0.05, 0) is 42.8 Å². The van der Waals surface area contributed by atoms with Crippen molar-refractivity contribution in [3.05, 3.63) is 53.8 Å². The molecule has 18 heavy (non-hydrogen) atoms. The van der Waals surface area contributed by atoms with Gasteiger partial charge in [-0.2, -0.15) is 0 Å². The monoisotopic (exact) mass is 262 g/mol. The molecule has 0 aliphatic carbocycles. The van der Waals surface area contributed by atoms with Crippen LogP contribution in [0.25, 0.3) is 0 Å². The first kappa shape index (κ1) is 12.6. The molecule has 0 heterocycles. The van der Waals surface area contributed by atoms with Gasteiger partial charge < -0.3 is 10.5 Å². The summed E-state index contributed by atoms with van der Waals surface area (Å²) in [4.78, 5) is 0.828. The molecule has 0 saturated carbocycles. The van der Waals surface area contributed by atoms with Crippen molar-refractivity contribution in [3.63, 3.8) is 0 Å². The van der Waals surface area contributed by atoms with Gasteiger partial charge >= 0.3 is 0 Å². The van der Waals surface area contributed by atoms with E-state index < -0.39 is 10.7 Å². The van der Waals surface area contributed by atoms with Crippen molar-refractivity contribution < 1.29 is 4.39 Å². The van der Waals surface area contributed by atoms with Crippen LogP contribution in [0.3, 0.4) is 0 Å². The van der Waals surface area contributed by atoms with Gasteiger partial charge in [0.2, 0.25) is 0 Å². The fraction of sp³-hybridized carbons (Fsp3) is 0.0714. The minimum absolute atomic E-state index is 0.251. The first-order valence-electron chi connectivity index (χ1n) is 5.48. The first-order valence-corrected chi connectivity index (χ1v) is 6.88. The Morgan fingerprint density at radius 2 is 2.00 bits per heavy atom. The van der Waals surface area contributed by atoms with Gasteiger partial charge in [-0.1, -0.05) is 28.7 Å². The van der Waals surface area contributed by atoms with Crippen LogP contribution in [-0.4, -0.2) is 5.87 Å². The predicted molar refractivity (Wildman–Crippen MR) is 78.6 cm³/mol. The Kier molecular flexibility index (Phi) is 3.67. The topological polar surface area (TPSA) is 38.0 Å². The lowest BCUT2D eigenvalue weighted by atomic mass is 10.2. The van der Waals surface area contributed by atoms with E-state index in [2.05, 4.69) is 10.6 Å². The van der Waals surface area contributed by atoms with E-state index in [1.54, 1.807) is 6.07 Å². The number of aryl methyl sites for hydroxylation is 1. The fourth-order valence-corrected chi connectivity index (χ4v) is 2.55. The van der Waals surface area contributed by atoms with Crippen LogP contribution in [0, 0.1) is 12.7 Å². The van der Waals surface area contributed by atoms with Crippen LogP contribution in [0.2, 0.25) is 0 Å². The lowest BCUT2D eigenvalue weighted by Gasteiger charge is -2.12. The molecule has 0 bridgehead atoms. The average Bonchev–Trinajstić information content (AvgIpc) is 2.34. The maximum absolute atomic E-state index is 13.1. The highest BCUT2D eigenvalue weighted by molar-refractivity contribution is 8.15. The van der Waals surface area contributed by atoms with Gasteiger partial charge in [0, 0.05) is 16.3 Å². The number of anilines is 2. The quantitative estimate of drug-likeness (QED) is 0.652. The summed E-state index contributed by atoms with van der Waals surface area (Å²) in [6.45, 7) is 1.95. The summed E-state index contributed by atoms with van der Waals surface area (Å²) in [5, 5.41) is 0. The fourth-order valence-electron chi connectivity index (χ4n) is 1.53. The number of benzene rings is 2. The molecule has 1 atom stereocenters. The minimum Gasteiger partial charge on any atom is -0.398 e. The Balaban J connectivity index is 2.18. The zero-order chi connectivity index (χ0) is 13.1. The zero-order valence-corrected chi connectivity index (χ0v) is 10.9. The smallest absolute Gasteiger partial charge is 0.124 e. The maximum atomic E-state index is 13.1.